The molecule has 0 bridgehead atoms. The van der Waals surface area contributed by atoms with Gasteiger partial charge < -0.3 is 9.32 Å². The molecular formula is C18H23N3O4S. The number of aryl methyl sites for hydroxylation is 2. The van der Waals surface area contributed by atoms with Crippen LogP contribution in [0.1, 0.15) is 42.5 Å². The highest BCUT2D eigenvalue weighted by Gasteiger charge is 2.27. The Balaban J connectivity index is 1.52. The van der Waals surface area contributed by atoms with Gasteiger partial charge in [0, 0.05) is 32.4 Å². The normalized spacial score (nSPS) is 16.0. The molecule has 8 heteroatoms. The molecule has 2 heterocycles. The number of hydrogen-bond acceptors (Lipinski definition) is 6. The highest BCUT2D eigenvalue weighted by Crippen LogP contribution is 2.27. The van der Waals surface area contributed by atoms with Crippen molar-refractivity contribution in [2.45, 2.75) is 43.9 Å². The quantitative estimate of drug-likeness (QED) is 0.793. The Labute approximate surface area is 153 Å². The Morgan fingerprint density at radius 2 is 1.81 bits per heavy atom. The summed E-state index contributed by atoms with van der Waals surface area (Å²) in [5.74, 6) is 1.03. The summed E-state index contributed by atoms with van der Waals surface area (Å²) in [6.45, 7) is 4.81. The first-order chi connectivity index (χ1) is 12.3. The minimum atomic E-state index is -3.44. The van der Waals surface area contributed by atoms with Gasteiger partial charge in [-0.05, 0) is 31.9 Å². The van der Waals surface area contributed by atoms with E-state index in [2.05, 4.69) is 10.2 Å². The number of rotatable bonds is 5. The number of nitrogens with zero attached hydrogens (tertiary/aromatic N) is 3. The molecule has 3 rings (SSSR count). The molecule has 0 aliphatic carbocycles. The van der Waals surface area contributed by atoms with Gasteiger partial charge in [-0.2, -0.15) is 0 Å². The Kier molecular flexibility index (Phi) is 5.41. The SMILES string of the molecule is Cc1ccc(S(=O)(=O)CCC(=O)N2CCC(c3nnc(C)o3)CC2)cc1. The lowest BCUT2D eigenvalue weighted by molar-refractivity contribution is -0.131. The fourth-order valence-corrected chi connectivity index (χ4v) is 4.33. The van der Waals surface area contributed by atoms with E-state index in [1.807, 2.05) is 6.92 Å². The van der Waals surface area contributed by atoms with Crippen LogP contribution in [0.15, 0.2) is 33.6 Å². The Morgan fingerprint density at radius 3 is 2.38 bits per heavy atom. The molecule has 0 radical (unpaired) electrons. The monoisotopic (exact) mass is 377 g/mol. The van der Waals surface area contributed by atoms with Crippen LogP contribution in [0, 0.1) is 13.8 Å². The molecule has 2 aromatic rings. The molecule has 1 aliphatic heterocycles. The number of carbonyl (C=O) groups is 1. The van der Waals surface area contributed by atoms with Gasteiger partial charge in [0.15, 0.2) is 9.84 Å². The average Bonchev–Trinajstić information content (AvgIpc) is 3.07. The first-order valence-corrected chi connectivity index (χ1v) is 10.4. The predicted octanol–water partition coefficient (Wildman–Crippen LogP) is 2.26. The maximum absolute atomic E-state index is 12.4. The molecule has 1 saturated heterocycles. The van der Waals surface area contributed by atoms with E-state index in [0.29, 0.717) is 24.9 Å². The number of benzene rings is 1. The summed E-state index contributed by atoms with van der Waals surface area (Å²) in [5, 5.41) is 7.89. The predicted molar refractivity (Wildman–Crippen MR) is 95.4 cm³/mol. The third-order valence-corrected chi connectivity index (χ3v) is 6.44. The number of likely N-dealkylation sites (tertiary alicyclic amines) is 1. The molecule has 140 valence electrons. The van der Waals surface area contributed by atoms with E-state index in [0.717, 1.165) is 18.4 Å². The summed E-state index contributed by atoms with van der Waals surface area (Å²) in [5.41, 5.74) is 0.999. The number of sulfone groups is 1. The van der Waals surface area contributed by atoms with Crippen LogP contribution < -0.4 is 0 Å². The van der Waals surface area contributed by atoms with Gasteiger partial charge in [0.1, 0.15) is 0 Å². The third-order valence-electron chi connectivity index (χ3n) is 4.70. The highest BCUT2D eigenvalue weighted by atomic mass is 32.2. The molecule has 0 unspecified atom stereocenters. The molecule has 0 saturated carbocycles. The molecule has 1 aromatic heterocycles. The van der Waals surface area contributed by atoms with Gasteiger partial charge in [-0.3, -0.25) is 4.79 Å². The summed E-state index contributed by atoms with van der Waals surface area (Å²) in [6.07, 6.45) is 1.50. The number of aromatic nitrogens is 2. The standard InChI is InChI=1S/C18H23N3O4S/c1-13-3-5-16(6-4-13)26(23,24)12-9-17(22)21-10-7-15(8-11-21)18-20-19-14(2)25-18/h3-6,15H,7-12H2,1-2H3. The molecule has 0 spiro atoms. The Hall–Kier alpha value is -2.22. The summed E-state index contributed by atoms with van der Waals surface area (Å²) in [7, 11) is -3.44. The number of hydrogen-bond donors (Lipinski definition) is 0. The van der Waals surface area contributed by atoms with E-state index in [9.17, 15) is 13.2 Å². The Bertz CT molecular complexity index is 866. The van der Waals surface area contributed by atoms with Crippen LogP contribution in [0.2, 0.25) is 0 Å². The molecule has 1 fully saturated rings. The zero-order valence-corrected chi connectivity index (χ0v) is 15.8. The van der Waals surface area contributed by atoms with E-state index in [4.69, 9.17) is 4.42 Å². The molecule has 1 amide bonds. The number of piperidine rings is 1. The van der Waals surface area contributed by atoms with Crippen molar-refractivity contribution in [3.05, 3.63) is 41.6 Å². The molecule has 0 atom stereocenters. The average molecular weight is 377 g/mol. The zero-order valence-electron chi connectivity index (χ0n) is 15.0. The minimum Gasteiger partial charge on any atom is -0.425 e. The van der Waals surface area contributed by atoms with Crippen molar-refractivity contribution in [2.75, 3.05) is 18.8 Å². The van der Waals surface area contributed by atoms with E-state index in [1.165, 1.54) is 0 Å². The molecule has 26 heavy (non-hydrogen) atoms. The molecule has 1 aromatic carbocycles. The summed E-state index contributed by atoms with van der Waals surface area (Å²) >= 11 is 0. The van der Waals surface area contributed by atoms with Crippen LogP contribution >= 0.6 is 0 Å². The third kappa shape index (κ3) is 4.30. The lowest BCUT2D eigenvalue weighted by Crippen LogP contribution is -2.38. The van der Waals surface area contributed by atoms with E-state index in [-0.39, 0.29) is 28.9 Å². The first kappa shape index (κ1) is 18.6. The van der Waals surface area contributed by atoms with Crippen LogP contribution in [0.5, 0.6) is 0 Å². The van der Waals surface area contributed by atoms with Crippen LogP contribution in [0.4, 0.5) is 0 Å². The van der Waals surface area contributed by atoms with Gasteiger partial charge in [-0.15, -0.1) is 10.2 Å². The maximum atomic E-state index is 12.4. The van der Waals surface area contributed by atoms with Gasteiger partial charge in [0.25, 0.3) is 0 Å². The second-order valence-electron chi connectivity index (χ2n) is 6.70. The Morgan fingerprint density at radius 1 is 1.15 bits per heavy atom. The number of carbonyl (C=O) groups excluding carboxylic acids is 1. The van der Waals surface area contributed by atoms with Crippen LogP contribution in [-0.2, 0) is 14.6 Å². The largest absolute Gasteiger partial charge is 0.425 e. The van der Waals surface area contributed by atoms with Crippen molar-refractivity contribution in [2.24, 2.45) is 0 Å². The first-order valence-electron chi connectivity index (χ1n) is 8.72. The van der Waals surface area contributed by atoms with Crippen molar-refractivity contribution >= 4 is 15.7 Å². The lowest BCUT2D eigenvalue weighted by Gasteiger charge is -2.30. The van der Waals surface area contributed by atoms with Crippen LogP contribution in [0.25, 0.3) is 0 Å². The van der Waals surface area contributed by atoms with Gasteiger partial charge in [0.2, 0.25) is 17.7 Å². The maximum Gasteiger partial charge on any atom is 0.223 e. The van der Waals surface area contributed by atoms with Gasteiger partial charge >= 0.3 is 0 Å². The van der Waals surface area contributed by atoms with Crippen molar-refractivity contribution < 1.29 is 17.6 Å². The van der Waals surface area contributed by atoms with Crippen molar-refractivity contribution in [3.8, 4) is 0 Å². The second-order valence-corrected chi connectivity index (χ2v) is 8.81. The van der Waals surface area contributed by atoms with Crippen molar-refractivity contribution in [1.82, 2.24) is 15.1 Å². The van der Waals surface area contributed by atoms with Gasteiger partial charge in [-0.25, -0.2) is 8.42 Å². The van der Waals surface area contributed by atoms with Crippen molar-refractivity contribution in [1.29, 1.82) is 0 Å². The molecule has 0 N–H and O–H groups in total. The van der Waals surface area contributed by atoms with E-state index < -0.39 is 9.84 Å². The van der Waals surface area contributed by atoms with Crippen LogP contribution in [0.3, 0.4) is 0 Å². The topological polar surface area (TPSA) is 93.4 Å². The lowest BCUT2D eigenvalue weighted by atomic mass is 9.96. The highest BCUT2D eigenvalue weighted by molar-refractivity contribution is 7.91. The van der Waals surface area contributed by atoms with Crippen LogP contribution in [-0.4, -0.2) is 48.3 Å². The molecule has 1 aliphatic rings. The van der Waals surface area contributed by atoms with E-state index >= 15 is 0 Å². The zero-order chi connectivity index (χ0) is 18.7. The summed E-state index contributed by atoms with van der Waals surface area (Å²) in [4.78, 5) is 14.4. The minimum absolute atomic E-state index is 0.000538. The molecule has 7 nitrogen and oxygen atoms in total. The van der Waals surface area contributed by atoms with Crippen molar-refractivity contribution in [3.63, 3.8) is 0 Å². The number of amides is 1. The fourth-order valence-electron chi connectivity index (χ4n) is 3.10. The molecular weight excluding hydrogens is 354 g/mol. The second kappa shape index (κ2) is 7.57. The van der Waals surface area contributed by atoms with E-state index in [1.54, 1.807) is 36.1 Å². The van der Waals surface area contributed by atoms with Gasteiger partial charge in [-0.1, -0.05) is 17.7 Å². The summed E-state index contributed by atoms with van der Waals surface area (Å²) < 4.78 is 30.2. The smallest absolute Gasteiger partial charge is 0.223 e. The van der Waals surface area contributed by atoms with Gasteiger partial charge in [0.05, 0.1) is 10.6 Å². The fraction of sp³-hybridized carbons (Fsp3) is 0.500. The summed E-state index contributed by atoms with van der Waals surface area (Å²) in [6, 6.07) is 6.71.